The first-order chi connectivity index (χ1) is 11.8. The van der Waals surface area contributed by atoms with E-state index in [1.807, 2.05) is 30.3 Å². The van der Waals surface area contributed by atoms with Crippen LogP contribution in [-0.2, 0) is 16.6 Å². The molecule has 3 rings (SSSR count). The topological polar surface area (TPSA) is 63.4 Å². The van der Waals surface area contributed by atoms with Crippen LogP contribution in [0.4, 0.5) is 5.69 Å². The van der Waals surface area contributed by atoms with Gasteiger partial charge < -0.3 is 4.42 Å². The van der Waals surface area contributed by atoms with Crippen molar-refractivity contribution < 1.29 is 12.8 Å². The number of nitrogens with zero attached hydrogens (tertiary/aromatic N) is 2. The first kappa shape index (κ1) is 18.2. The second-order valence-electron chi connectivity index (χ2n) is 5.37. The van der Waals surface area contributed by atoms with Crippen molar-refractivity contribution in [1.29, 1.82) is 0 Å². The first-order valence-electron chi connectivity index (χ1n) is 7.27. The normalized spacial score (nSPS) is 11.5. The number of anilines is 1. The summed E-state index contributed by atoms with van der Waals surface area (Å²) in [4.78, 5) is 4.42. The van der Waals surface area contributed by atoms with Gasteiger partial charge in [0.05, 0.1) is 18.5 Å². The standard InChI is InChI=1S/C17H14Br2N2O3S/c1-25(22,23)21(16-5-3-2-4-15(16)19)10-14-11-24-17(20-14)12-6-8-13(18)9-7-12/h2-9,11H,10H2,1H3. The Hall–Kier alpha value is -1.64. The van der Waals surface area contributed by atoms with E-state index in [1.54, 1.807) is 18.2 Å². The lowest BCUT2D eigenvalue weighted by Gasteiger charge is -2.22. The minimum atomic E-state index is -3.48. The molecule has 0 spiro atoms. The molecule has 0 saturated carbocycles. The largest absolute Gasteiger partial charge is 0.444 e. The van der Waals surface area contributed by atoms with Crippen LogP contribution in [0.5, 0.6) is 0 Å². The van der Waals surface area contributed by atoms with Gasteiger partial charge in [-0.05, 0) is 52.3 Å². The molecular formula is C17H14Br2N2O3S. The number of para-hydroxylation sites is 1. The molecular weight excluding hydrogens is 472 g/mol. The Morgan fingerprint density at radius 1 is 1.08 bits per heavy atom. The average Bonchev–Trinajstić information content (AvgIpc) is 3.02. The molecule has 8 heteroatoms. The molecule has 0 atom stereocenters. The van der Waals surface area contributed by atoms with Crippen LogP contribution in [0.3, 0.4) is 0 Å². The molecule has 2 aromatic carbocycles. The Kier molecular flexibility index (Phi) is 5.31. The van der Waals surface area contributed by atoms with E-state index in [2.05, 4.69) is 36.8 Å². The second-order valence-corrected chi connectivity index (χ2v) is 9.05. The fourth-order valence-electron chi connectivity index (χ4n) is 2.29. The molecule has 0 bridgehead atoms. The third-order valence-corrected chi connectivity index (χ3v) is 5.80. The van der Waals surface area contributed by atoms with Gasteiger partial charge in [0.1, 0.15) is 12.0 Å². The van der Waals surface area contributed by atoms with Gasteiger partial charge in [0.25, 0.3) is 0 Å². The quantitative estimate of drug-likeness (QED) is 0.519. The Balaban J connectivity index is 1.91. The van der Waals surface area contributed by atoms with E-state index in [9.17, 15) is 8.42 Å². The van der Waals surface area contributed by atoms with Crippen LogP contribution in [0.2, 0.25) is 0 Å². The van der Waals surface area contributed by atoms with Crippen molar-refractivity contribution in [2.24, 2.45) is 0 Å². The fraction of sp³-hybridized carbons (Fsp3) is 0.118. The molecule has 1 heterocycles. The monoisotopic (exact) mass is 484 g/mol. The highest BCUT2D eigenvalue weighted by atomic mass is 79.9. The molecule has 0 N–H and O–H groups in total. The second kappa shape index (κ2) is 7.31. The van der Waals surface area contributed by atoms with Crippen molar-refractivity contribution >= 4 is 47.6 Å². The molecule has 0 aliphatic heterocycles. The maximum Gasteiger partial charge on any atom is 0.232 e. The Morgan fingerprint density at radius 2 is 1.76 bits per heavy atom. The lowest BCUT2D eigenvalue weighted by molar-refractivity contribution is 0.572. The van der Waals surface area contributed by atoms with E-state index in [1.165, 1.54) is 16.8 Å². The minimum absolute atomic E-state index is 0.0848. The zero-order chi connectivity index (χ0) is 18.0. The molecule has 0 aliphatic carbocycles. The van der Waals surface area contributed by atoms with Crippen molar-refractivity contribution in [3.8, 4) is 11.5 Å². The van der Waals surface area contributed by atoms with Crippen LogP contribution < -0.4 is 4.31 Å². The lowest BCUT2D eigenvalue weighted by atomic mass is 10.2. The SMILES string of the molecule is CS(=O)(=O)N(Cc1coc(-c2ccc(Br)cc2)n1)c1ccccc1Br. The van der Waals surface area contributed by atoms with Crippen LogP contribution in [0, 0.1) is 0 Å². The average molecular weight is 486 g/mol. The van der Waals surface area contributed by atoms with Gasteiger partial charge in [-0.2, -0.15) is 0 Å². The maximum atomic E-state index is 12.2. The fourth-order valence-corrected chi connectivity index (χ4v) is 4.05. The number of hydrogen-bond acceptors (Lipinski definition) is 4. The van der Waals surface area contributed by atoms with Gasteiger partial charge in [-0.25, -0.2) is 13.4 Å². The molecule has 130 valence electrons. The van der Waals surface area contributed by atoms with E-state index < -0.39 is 10.0 Å². The molecule has 25 heavy (non-hydrogen) atoms. The van der Waals surface area contributed by atoms with Gasteiger partial charge in [0.15, 0.2) is 0 Å². The number of hydrogen-bond donors (Lipinski definition) is 0. The van der Waals surface area contributed by atoms with Gasteiger partial charge in [-0.3, -0.25) is 4.31 Å². The summed E-state index contributed by atoms with van der Waals surface area (Å²) in [5, 5.41) is 0. The summed E-state index contributed by atoms with van der Waals surface area (Å²) in [6.07, 6.45) is 2.65. The van der Waals surface area contributed by atoms with E-state index in [0.717, 1.165) is 10.0 Å². The third-order valence-electron chi connectivity index (χ3n) is 3.47. The molecule has 0 unspecified atom stereocenters. The number of oxazole rings is 1. The predicted octanol–water partition coefficient (Wildman–Crippen LogP) is 4.83. The first-order valence-corrected chi connectivity index (χ1v) is 10.7. The van der Waals surface area contributed by atoms with E-state index in [4.69, 9.17) is 4.42 Å². The van der Waals surface area contributed by atoms with E-state index in [0.29, 0.717) is 21.7 Å². The number of aromatic nitrogens is 1. The van der Waals surface area contributed by atoms with Gasteiger partial charge in [-0.1, -0.05) is 28.1 Å². The van der Waals surface area contributed by atoms with Crippen LogP contribution in [-0.4, -0.2) is 19.7 Å². The zero-order valence-corrected chi connectivity index (χ0v) is 17.2. The van der Waals surface area contributed by atoms with Gasteiger partial charge in [0.2, 0.25) is 15.9 Å². The molecule has 0 radical (unpaired) electrons. The Labute approximate surface area is 163 Å². The predicted molar refractivity (Wildman–Crippen MR) is 105 cm³/mol. The molecule has 0 aliphatic rings. The maximum absolute atomic E-state index is 12.2. The number of sulfonamides is 1. The highest BCUT2D eigenvalue weighted by Gasteiger charge is 2.21. The van der Waals surface area contributed by atoms with Crippen molar-refractivity contribution in [3.63, 3.8) is 0 Å². The summed E-state index contributed by atoms with van der Waals surface area (Å²) in [6.45, 7) is 0.0848. The van der Waals surface area contributed by atoms with Gasteiger partial charge in [-0.15, -0.1) is 0 Å². The van der Waals surface area contributed by atoms with Crippen molar-refractivity contribution in [1.82, 2.24) is 4.98 Å². The lowest BCUT2D eigenvalue weighted by Crippen LogP contribution is -2.29. The Bertz CT molecular complexity index is 985. The van der Waals surface area contributed by atoms with Crippen molar-refractivity contribution in [3.05, 3.63) is 69.4 Å². The number of benzene rings is 2. The minimum Gasteiger partial charge on any atom is -0.444 e. The Morgan fingerprint density at radius 3 is 2.40 bits per heavy atom. The highest BCUT2D eigenvalue weighted by molar-refractivity contribution is 9.10. The summed E-state index contributed by atoms with van der Waals surface area (Å²) >= 11 is 6.78. The van der Waals surface area contributed by atoms with Crippen LogP contribution in [0.1, 0.15) is 5.69 Å². The number of halogens is 2. The zero-order valence-electron chi connectivity index (χ0n) is 13.2. The van der Waals surface area contributed by atoms with E-state index >= 15 is 0 Å². The van der Waals surface area contributed by atoms with Crippen LogP contribution in [0.15, 0.2) is 68.2 Å². The van der Waals surface area contributed by atoms with Crippen LogP contribution in [0.25, 0.3) is 11.5 Å². The van der Waals surface area contributed by atoms with Crippen molar-refractivity contribution in [2.75, 3.05) is 10.6 Å². The molecule has 0 amide bonds. The van der Waals surface area contributed by atoms with Crippen molar-refractivity contribution in [2.45, 2.75) is 6.54 Å². The molecule has 0 saturated heterocycles. The molecule has 1 aromatic heterocycles. The van der Waals surface area contributed by atoms with Gasteiger partial charge in [0, 0.05) is 14.5 Å². The summed E-state index contributed by atoms with van der Waals surface area (Å²) in [6, 6.07) is 14.7. The number of rotatable bonds is 5. The third kappa shape index (κ3) is 4.31. The smallest absolute Gasteiger partial charge is 0.232 e. The van der Waals surface area contributed by atoms with E-state index in [-0.39, 0.29) is 6.54 Å². The molecule has 3 aromatic rings. The summed E-state index contributed by atoms with van der Waals surface area (Å²) in [5.41, 5.74) is 1.90. The summed E-state index contributed by atoms with van der Waals surface area (Å²) in [7, 11) is -3.48. The van der Waals surface area contributed by atoms with Crippen LogP contribution >= 0.6 is 31.9 Å². The molecule has 5 nitrogen and oxygen atoms in total. The highest BCUT2D eigenvalue weighted by Crippen LogP contribution is 2.29. The summed E-state index contributed by atoms with van der Waals surface area (Å²) < 4.78 is 32.9. The molecule has 0 fully saturated rings. The van der Waals surface area contributed by atoms with Gasteiger partial charge >= 0.3 is 0 Å². The summed E-state index contributed by atoms with van der Waals surface area (Å²) in [5.74, 6) is 0.447.